The number of hydrogen-bond acceptors (Lipinski definition) is 17. The van der Waals surface area contributed by atoms with E-state index in [2.05, 4.69) is 79.8 Å². The highest BCUT2D eigenvalue weighted by Gasteiger charge is 2.50. The first kappa shape index (κ1) is 67.4. The number of rotatable bonds is 7. The first-order chi connectivity index (χ1) is 46.1. The van der Waals surface area contributed by atoms with Gasteiger partial charge >= 0.3 is 0 Å². The number of nitriles is 1. The number of benzene rings is 3. The summed E-state index contributed by atoms with van der Waals surface area (Å²) < 4.78 is 0.709. The molecule has 96 heavy (non-hydrogen) atoms. The van der Waals surface area contributed by atoms with E-state index in [1.54, 1.807) is 30.3 Å². The maximum atomic E-state index is 12.4. The van der Waals surface area contributed by atoms with E-state index in [-0.39, 0.29) is 40.1 Å². The van der Waals surface area contributed by atoms with Crippen LogP contribution in [0.3, 0.4) is 0 Å². The van der Waals surface area contributed by atoms with Gasteiger partial charge in [-0.25, -0.2) is 29.9 Å². The van der Waals surface area contributed by atoms with Gasteiger partial charge in [0.25, 0.3) is 5.91 Å². The van der Waals surface area contributed by atoms with E-state index in [1.165, 1.54) is 5.56 Å². The molecule has 492 valence electrons. The summed E-state index contributed by atoms with van der Waals surface area (Å²) in [5, 5.41) is 12.5. The number of hydrogen-bond donors (Lipinski definition) is 4. The predicted molar refractivity (Wildman–Crippen MR) is 384 cm³/mol. The minimum Gasteiger partial charge on any atom is -0.364 e. The fourth-order valence-corrected chi connectivity index (χ4v) is 16.8. The Morgan fingerprint density at radius 2 is 0.812 bits per heavy atom. The second kappa shape index (κ2) is 27.3. The largest absolute Gasteiger partial charge is 0.364 e. The monoisotopic (exact) mass is 1460 g/mol. The molecule has 0 saturated carbocycles. The molecule has 6 aliphatic rings. The van der Waals surface area contributed by atoms with Crippen molar-refractivity contribution in [2.45, 2.75) is 96.7 Å². The molecular weight excluding hydrogens is 1400 g/mol. The van der Waals surface area contributed by atoms with Crippen LogP contribution in [0.5, 0.6) is 0 Å². The van der Waals surface area contributed by atoms with Crippen molar-refractivity contribution in [2.75, 3.05) is 54.0 Å². The number of pyridine rings is 3. The average molecular weight is 1470 g/mol. The lowest BCUT2D eigenvalue weighted by Crippen LogP contribution is -2.45. The SMILES string of the molecule is Cc1nc(N2CCC3(CC2)Cc2ncccc2[C@H]3N)c(Br)nc1-c1cccc(Cl)c1Cl.Cc1nc(N2CCC3(CC2)Cc2ncccc2[C@H]3N)c(C#N)nc1-c1cccc(Cl)c1Cl.Cc1nc(N2CCC3(CC2)Cc2ncccc2[C@H]3N)c(C(N)=O)nc1-c1cccc(Cl)c1Cl. The molecule has 25 heteroatoms. The van der Waals surface area contributed by atoms with Crippen molar-refractivity contribution in [1.82, 2.24) is 44.9 Å². The van der Waals surface area contributed by atoms with Crippen LogP contribution < -0.4 is 37.6 Å². The molecule has 1 amide bonds. The lowest BCUT2D eigenvalue weighted by molar-refractivity contribution is 0.0995. The third-order valence-electron chi connectivity index (χ3n) is 20.6. The molecule has 3 spiro atoms. The number of anilines is 3. The molecule has 3 saturated heterocycles. The molecular formula is C71H68BrCl6N17O. The van der Waals surface area contributed by atoms with E-state index in [0.29, 0.717) is 99.1 Å². The Morgan fingerprint density at radius 3 is 1.18 bits per heavy atom. The Bertz CT molecular complexity index is 4570. The summed E-state index contributed by atoms with van der Waals surface area (Å²) in [5.41, 5.74) is 39.1. The van der Waals surface area contributed by atoms with Crippen LogP contribution in [0.4, 0.5) is 17.5 Å². The Hall–Kier alpha value is -7.19. The molecule has 3 atom stereocenters. The number of carbonyl (C=O) groups is 1. The zero-order valence-corrected chi connectivity index (χ0v) is 59.0. The zero-order chi connectivity index (χ0) is 67.5. The number of carbonyl (C=O) groups excluding carboxylic acids is 1. The molecule has 0 bridgehead atoms. The van der Waals surface area contributed by atoms with Crippen molar-refractivity contribution in [3.05, 3.63) is 207 Å². The molecule has 3 fully saturated rings. The quantitative estimate of drug-likeness (QED) is 0.115. The van der Waals surface area contributed by atoms with Crippen LogP contribution in [-0.4, -0.2) is 90.0 Å². The van der Waals surface area contributed by atoms with Crippen LogP contribution in [0, 0.1) is 48.3 Å². The highest BCUT2D eigenvalue weighted by Crippen LogP contribution is 2.54. The first-order valence-corrected chi connectivity index (χ1v) is 34.9. The van der Waals surface area contributed by atoms with Gasteiger partial charge in [0.15, 0.2) is 28.8 Å². The van der Waals surface area contributed by atoms with Crippen LogP contribution in [0.25, 0.3) is 33.8 Å². The van der Waals surface area contributed by atoms with E-state index < -0.39 is 5.91 Å². The van der Waals surface area contributed by atoms with Gasteiger partial charge in [0.05, 0.1) is 64.3 Å². The summed E-state index contributed by atoms with van der Waals surface area (Å²) in [7, 11) is 0. The number of halogens is 7. The number of piperidine rings is 3. The highest BCUT2D eigenvalue weighted by molar-refractivity contribution is 9.10. The molecule has 18 nitrogen and oxygen atoms in total. The third-order valence-corrected chi connectivity index (χ3v) is 23.6. The summed E-state index contributed by atoms with van der Waals surface area (Å²) >= 11 is 41.4. The molecule has 0 unspecified atom stereocenters. The van der Waals surface area contributed by atoms with Crippen molar-refractivity contribution >= 4 is 109 Å². The van der Waals surface area contributed by atoms with Crippen molar-refractivity contribution in [3.63, 3.8) is 0 Å². The predicted octanol–water partition coefficient (Wildman–Crippen LogP) is 14.7. The van der Waals surface area contributed by atoms with Gasteiger partial charge in [-0.2, -0.15) is 5.26 Å². The lowest BCUT2D eigenvalue weighted by atomic mass is 9.73. The van der Waals surface area contributed by atoms with E-state index in [1.807, 2.05) is 81.8 Å². The van der Waals surface area contributed by atoms with Crippen molar-refractivity contribution in [1.29, 1.82) is 5.26 Å². The Labute approximate surface area is 595 Å². The van der Waals surface area contributed by atoms with Crippen LogP contribution in [0.2, 0.25) is 30.1 Å². The topological polar surface area (TPSA) is 271 Å². The van der Waals surface area contributed by atoms with Crippen LogP contribution in [0.15, 0.2) is 114 Å². The Kier molecular flexibility index (Phi) is 19.1. The molecule has 9 aromatic rings. The number of nitrogens with zero attached hydrogens (tertiary/aromatic N) is 13. The molecule has 3 aromatic carbocycles. The molecule has 0 radical (unpaired) electrons. The van der Waals surface area contributed by atoms with Gasteiger partial charge in [0.2, 0.25) is 0 Å². The minimum absolute atomic E-state index is 0.0102. The van der Waals surface area contributed by atoms with Crippen LogP contribution >= 0.6 is 85.5 Å². The van der Waals surface area contributed by atoms with Gasteiger partial charge in [-0.3, -0.25) is 19.7 Å². The van der Waals surface area contributed by atoms with E-state index >= 15 is 0 Å². The van der Waals surface area contributed by atoms with Gasteiger partial charge in [0.1, 0.15) is 10.7 Å². The molecule has 6 aromatic heterocycles. The second-order valence-corrected chi connectivity index (χ2v) is 28.9. The van der Waals surface area contributed by atoms with Gasteiger partial charge in [-0.1, -0.05) is 124 Å². The fourth-order valence-electron chi connectivity index (χ4n) is 15.1. The molecule has 15 rings (SSSR count). The third kappa shape index (κ3) is 12.4. The van der Waals surface area contributed by atoms with Gasteiger partial charge in [-0.05, 0) is 164 Å². The van der Waals surface area contributed by atoms with Crippen LogP contribution in [-0.2, 0) is 19.3 Å². The number of aryl methyl sites for hydroxylation is 3. The molecule has 8 N–H and O–H groups in total. The van der Waals surface area contributed by atoms with Gasteiger partial charge < -0.3 is 37.6 Å². The summed E-state index contributed by atoms with van der Waals surface area (Å²) in [6.07, 6.45) is 13.8. The smallest absolute Gasteiger partial charge is 0.271 e. The van der Waals surface area contributed by atoms with Crippen molar-refractivity contribution in [3.8, 4) is 39.8 Å². The number of amides is 1. The Morgan fingerprint density at radius 1 is 0.479 bits per heavy atom. The average Bonchev–Trinajstić information content (AvgIpc) is 1.60. The lowest BCUT2D eigenvalue weighted by Gasteiger charge is -2.42. The summed E-state index contributed by atoms with van der Waals surface area (Å²) in [6.45, 7) is 10.4. The summed E-state index contributed by atoms with van der Waals surface area (Å²) in [5.74, 6) is 1.34. The number of primary amides is 1. The van der Waals surface area contributed by atoms with Crippen LogP contribution in [0.1, 0.15) is 124 Å². The maximum Gasteiger partial charge on any atom is 0.271 e. The first-order valence-electron chi connectivity index (χ1n) is 31.8. The fraction of sp³-hybridized carbons (Fsp3) is 0.338. The van der Waals surface area contributed by atoms with E-state index in [0.717, 1.165) is 135 Å². The maximum absolute atomic E-state index is 12.4. The molecule has 9 heterocycles. The standard InChI is InChI=1S/C24H24Cl2N6O.C24H22Cl2N6.C23H22BrCl2N5/c1-13-19(15-4-2-6-16(25)18(15)26)31-20(22(28)33)23(30-13)32-10-7-24(8-11-32)12-17-14(21(24)27)5-3-9-29-17;1-14-21(16-4-2-6-17(25)20(16)26)31-19(13-27)23(30-14)32-10-7-24(8-11-32)12-18-15(22(24)28)5-3-9-29-18;1-13-19(15-4-2-6-16(25)18(15)26)30-21(24)22(29-13)31-10-7-23(8-11-31)12-17-14(20(23)27)5-3-9-28-17/h2-6,9,21H,7-8,10-12,27H2,1H3,(H2,28,33);2-6,9,22H,7-8,10-12,28H2,1H3;2-6,9,20H,7-8,10-12,27H2,1H3/t21-;22-;20-/m111/s1. The van der Waals surface area contributed by atoms with Gasteiger partial charge in [-0.15, -0.1) is 0 Å². The zero-order valence-electron chi connectivity index (χ0n) is 52.9. The van der Waals surface area contributed by atoms with E-state index in [9.17, 15) is 10.1 Å². The highest BCUT2D eigenvalue weighted by atomic mass is 79.9. The number of fused-ring (bicyclic) bond motifs is 3. The van der Waals surface area contributed by atoms with E-state index in [4.69, 9.17) is 112 Å². The second-order valence-electron chi connectivity index (χ2n) is 25.8. The Balaban J connectivity index is 0.000000130. The van der Waals surface area contributed by atoms with Crippen molar-refractivity contribution < 1.29 is 4.79 Å². The minimum atomic E-state index is -0.633. The number of nitrogens with two attached hydrogens (primary N) is 4. The van der Waals surface area contributed by atoms with Crippen molar-refractivity contribution in [2.24, 2.45) is 39.2 Å². The molecule has 3 aliphatic heterocycles. The normalized spacial score (nSPS) is 19.2. The summed E-state index contributed by atoms with van der Waals surface area (Å²) in [6, 6.07) is 30.6. The number of aromatic nitrogens is 9. The molecule has 3 aliphatic carbocycles. The summed E-state index contributed by atoms with van der Waals surface area (Å²) in [4.78, 5) is 61.0. The van der Waals surface area contributed by atoms with Gasteiger partial charge in [0, 0.05) is 110 Å².